The van der Waals surface area contributed by atoms with E-state index in [4.69, 9.17) is 10.2 Å². The summed E-state index contributed by atoms with van der Waals surface area (Å²) in [6.07, 6.45) is 0. The summed E-state index contributed by atoms with van der Waals surface area (Å²) >= 11 is 0. The summed E-state index contributed by atoms with van der Waals surface area (Å²) in [6.45, 7) is 0. The predicted octanol–water partition coefficient (Wildman–Crippen LogP) is 3.22. The molecule has 0 fully saturated rings. The van der Waals surface area contributed by atoms with Crippen molar-refractivity contribution in [1.29, 1.82) is 0 Å². The van der Waals surface area contributed by atoms with Gasteiger partial charge in [-0.25, -0.2) is 4.39 Å². The van der Waals surface area contributed by atoms with E-state index in [0.717, 1.165) is 11.1 Å². The highest BCUT2D eigenvalue weighted by molar-refractivity contribution is 5.81. The smallest absolute Gasteiger partial charge is 0.292 e. The monoisotopic (exact) mass is 228 g/mol. The van der Waals surface area contributed by atoms with Gasteiger partial charge in [0.1, 0.15) is 11.3 Å². The molecule has 17 heavy (non-hydrogen) atoms. The normalized spacial score (nSPS) is 10.9. The van der Waals surface area contributed by atoms with Crippen molar-refractivity contribution in [3.63, 3.8) is 0 Å². The quantitative estimate of drug-likeness (QED) is 0.695. The zero-order valence-corrected chi connectivity index (χ0v) is 8.85. The molecule has 2 N–H and O–H groups in total. The first kappa shape index (κ1) is 9.84. The fourth-order valence-electron chi connectivity index (χ4n) is 1.77. The number of nitrogens with two attached hydrogens (primary N) is 1. The second-order valence-corrected chi connectivity index (χ2v) is 3.74. The third-order valence-corrected chi connectivity index (χ3v) is 2.58. The van der Waals surface area contributed by atoms with E-state index in [1.54, 1.807) is 18.2 Å². The van der Waals surface area contributed by atoms with E-state index in [0.29, 0.717) is 11.1 Å². The number of rotatable bonds is 1. The molecular formula is C13H9FN2O. The average Bonchev–Trinajstić information content (AvgIpc) is 2.69. The topological polar surface area (TPSA) is 52.0 Å². The summed E-state index contributed by atoms with van der Waals surface area (Å²) in [5.41, 5.74) is 8.69. The van der Waals surface area contributed by atoms with Gasteiger partial charge in [-0.15, -0.1) is 0 Å². The van der Waals surface area contributed by atoms with Crippen molar-refractivity contribution >= 4 is 17.1 Å². The van der Waals surface area contributed by atoms with E-state index in [1.165, 1.54) is 12.1 Å². The Hall–Kier alpha value is -2.36. The SMILES string of the molecule is Nc1nc2cc(-c3ccc(F)cc3)ccc2o1. The molecule has 2 aromatic carbocycles. The van der Waals surface area contributed by atoms with Crippen LogP contribution in [-0.4, -0.2) is 4.98 Å². The molecule has 3 aromatic rings. The Morgan fingerprint density at radius 1 is 1.00 bits per heavy atom. The van der Waals surface area contributed by atoms with E-state index in [1.807, 2.05) is 12.1 Å². The molecule has 0 aliphatic carbocycles. The number of nitrogens with zero attached hydrogens (tertiary/aromatic N) is 1. The van der Waals surface area contributed by atoms with Gasteiger partial charge in [-0.2, -0.15) is 4.98 Å². The number of halogens is 1. The molecular weight excluding hydrogens is 219 g/mol. The molecule has 0 radical (unpaired) electrons. The minimum atomic E-state index is -0.250. The van der Waals surface area contributed by atoms with Gasteiger partial charge in [-0.05, 0) is 35.4 Å². The molecule has 0 saturated heterocycles. The first-order chi connectivity index (χ1) is 8.22. The van der Waals surface area contributed by atoms with Crippen LogP contribution in [0.2, 0.25) is 0 Å². The molecule has 0 unspecified atom stereocenters. The third-order valence-electron chi connectivity index (χ3n) is 2.58. The first-order valence-electron chi connectivity index (χ1n) is 5.14. The van der Waals surface area contributed by atoms with Crippen molar-refractivity contribution < 1.29 is 8.81 Å². The van der Waals surface area contributed by atoms with E-state index in [9.17, 15) is 4.39 Å². The molecule has 4 heteroatoms. The van der Waals surface area contributed by atoms with Gasteiger partial charge in [-0.1, -0.05) is 18.2 Å². The van der Waals surface area contributed by atoms with Crippen LogP contribution in [0.25, 0.3) is 22.2 Å². The Bertz CT molecular complexity index is 673. The molecule has 0 aliphatic heterocycles. The highest BCUT2D eigenvalue weighted by Crippen LogP contribution is 2.25. The Balaban J connectivity index is 2.13. The molecule has 0 saturated carbocycles. The Labute approximate surface area is 96.7 Å². The van der Waals surface area contributed by atoms with Crippen molar-refractivity contribution in [2.45, 2.75) is 0 Å². The molecule has 3 nitrogen and oxygen atoms in total. The molecule has 0 spiro atoms. The predicted molar refractivity (Wildman–Crippen MR) is 63.8 cm³/mol. The second kappa shape index (κ2) is 3.59. The standard InChI is InChI=1S/C13H9FN2O/c14-10-4-1-8(2-5-10)9-3-6-12-11(7-9)16-13(15)17-12/h1-7H,(H2,15,16). The molecule has 84 valence electrons. The summed E-state index contributed by atoms with van der Waals surface area (Å²) in [5, 5.41) is 0. The maximum atomic E-state index is 12.8. The number of benzene rings is 2. The number of hydrogen-bond donors (Lipinski definition) is 1. The fraction of sp³-hybridized carbons (Fsp3) is 0. The van der Waals surface area contributed by atoms with Crippen LogP contribution < -0.4 is 5.73 Å². The molecule has 1 aromatic heterocycles. The van der Waals surface area contributed by atoms with Gasteiger partial charge in [0, 0.05) is 0 Å². The Morgan fingerprint density at radius 2 is 1.71 bits per heavy atom. The maximum Gasteiger partial charge on any atom is 0.292 e. The van der Waals surface area contributed by atoms with Gasteiger partial charge in [-0.3, -0.25) is 0 Å². The van der Waals surface area contributed by atoms with Gasteiger partial charge in [0.25, 0.3) is 6.01 Å². The van der Waals surface area contributed by atoms with Crippen LogP contribution in [0.1, 0.15) is 0 Å². The second-order valence-electron chi connectivity index (χ2n) is 3.74. The summed E-state index contributed by atoms with van der Waals surface area (Å²) in [6, 6.07) is 12.0. The van der Waals surface area contributed by atoms with Crippen LogP contribution in [-0.2, 0) is 0 Å². The van der Waals surface area contributed by atoms with Crippen molar-refractivity contribution in [2.24, 2.45) is 0 Å². The van der Waals surface area contributed by atoms with Crippen molar-refractivity contribution in [3.05, 3.63) is 48.3 Å². The minimum absolute atomic E-state index is 0.149. The van der Waals surface area contributed by atoms with Crippen molar-refractivity contribution in [3.8, 4) is 11.1 Å². The number of anilines is 1. The van der Waals surface area contributed by atoms with Crippen LogP contribution in [0.3, 0.4) is 0 Å². The summed E-state index contributed by atoms with van der Waals surface area (Å²) < 4.78 is 18.0. The van der Waals surface area contributed by atoms with Gasteiger partial charge in [0.05, 0.1) is 0 Å². The Kier molecular flexibility index (Phi) is 2.08. The average molecular weight is 228 g/mol. The molecule has 0 amide bonds. The number of fused-ring (bicyclic) bond motifs is 1. The van der Waals surface area contributed by atoms with Gasteiger partial charge < -0.3 is 10.2 Å². The minimum Gasteiger partial charge on any atom is -0.424 e. The largest absolute Gasteiger partial charge is 0.424 e. The van der Waals surface area contributed by atoms with E-state index in [2.05, 4.69) is 4.98 Å². The van der Waals surface area contributed by atoms with Crippen LogP contribution in [0, 0.1) is 5.82 Å². The van der Waals surface area contributed by atoms with E-state index in [-0.39, 0.29) is 11.8 Å². The Morgan fingerprint density at radius 3 is 2.47 bits per heavy atom. The van der Waals surface area contributed by atoms with E-state index < -0.39 is 0 Å². The molecule has 3 rings (SSSR count). The number of aromatic nitrogens is 1. The molecule has 0 bridgehead atoms. The van der Waals surface area contributed by atoms with E-state index >= 15 is 0 Å². The highest BCUT2D eigenvalue weighted by Gasteiger charge is 2.05. The van der Waals surface area contributed by atoms with Crippen molar-refractivity contribution in [1.82, 2.24) is 4.98 Å². The maximum absolute atomic E-state index is 12.8. The van der Waals surface area contributed by atoms with Gasteiger partial charge in [0.15, 0.2) is 5.58 Å². The zero-order chi connectivity index (χ0) is 11.8. The van der Waals surface area contributed by atoms with Crippen molar-refractivity contribution in [2.75, 3.05) is 5.73 Å². The van der Waals surface area contributed by atoms with Crippen LogP contribution in [0.4, 0.5) is 10.4 Å². The lowest BCUT2D eigenvalue weighted by atomic mass is 10.1. The molecule has 0 atom stereocenters. The first-order valence-corrected chi connectivity index (χ1v) is 5.14. The molecule has 0 aliphatic rings. The van der Waals surface area contributed by atoms with Crippen LogP contribution >= 0.6 is 0 Å². The number of hydrogen-bond acceptors (Lipinski definition) is 3. The van der Waals surface area contributed by atoms with Gasteiger partial charge >= 0.3 is 0 Å². The van der Waals surface area contributed by atoms with Crippen LogP contribution in [0.5, 0.6) is 0 Å². The summed E-state index contributed by atoms with van der Waals surface area (Å²) in [7, 11) is 0. The fourth-order valence-corrected chi connectivity index (χ4v) is 1.77. The number of nitrogen functional groups attached to an aromatic ring is 1. The lowest BCUT2D eigenvalue weighted by molar-refractivity contribution is 0.626. The summed E-state index contributed by atoms with van der Waals surface area (Å²) in [5.74, 6) is -0.250. The zero-order valence-electron chi connectivity index (χ0n) is 8.85. The lowest BCUT2D eigenvalue weighted by Gasteiger charge is -2.00. The molecule has 1 heterocycles. The summed E-state index contributed by atoms with van der Waals surface area (Å²) in [4.78, 5) is 4.05. The lowest BCUT2D eigenvalue weighted by Crippen LogP contribution is -1.81. The number of oxazole rings is 1. The van der Waals surface area contributed by atoms with Crippen LogP contribution in [0.15, 0.2) is 46.9 Å². The van der Waals surface area contributed by atoms with Gasteiger partial charge in [0.2, 0.25) is 0 Å². The third kappa shape index (κ3) is 1.73. The highest BCUT2D eigenvalue weighted by atomic mass is 19.1.